The van der Waals surface area contributed by atoms with E-state index in [1.807, 2.05) is 0 Å². The van der Waals surface area contributed by atoms with E-state index in [4.69, 9.17) is 0 Å². The second kappa shape index (κ2) is 7.96. The number of carbonyl (C=O) groups is 1. The van der Waals surface area contributed by atoms with Crippen molar-refractivity contribution in [3.8, 4) is 5.75 Å². The van der Waals surface area contributed by atoms with Gasteiger partial charge in [0.05, 0.1) is 12.2 Å². The maximum absolute atomic E-state index is 12.3. The summed E-state index contributed by atoms with van der Waals surface area (Å²) in [6.45, 7) is -0.629. The van der Waals surface area contributed by atoms with E-state index < -0.39 is 6.61 Å². The van der Waals surface area contributed by atoms with Gasteiger partial charge in [-0.05, 0) is 43.7 Å². The largest absolute Gasteiger partial charge is 0.433 e. The minimum atomic E-state index is -2.89. The second-order valence-corrected chi connectivity index (χ2v) is 5.75. The van der Waals surface area contributed by atoms with Crippen LogP contribution in [-0.2, 0) is 4.79 Å². The van der Waals surface area contributed by atoms with Crippen LogP contribution in [0.3, 0.4) is 0 Å². The van der Waals surface area contributed by atoms with Crippen molar-refractivity contribution in [3.05, 3.63) is 24.3 Å². The highest BCUT2D eigenvalue weighted by atomic mass is 19.3. The molecule has 0 heterocycles. The lowest BCUT2D eigenvalue weighted by Gasteiger charge is -2.27. The summed E-state index contributed by atoms with van der Waals surface area (Å²) >= 11 is 0. The first-order valence-corrected chi connectivity index (χ1v) is 7.61. The second-order valence-electron chi connectivity index (χ2n) is 5.75. The quantitative estimate of drug-likeness (QED) is 0.846. The Morgan fingerprint density at radius 1 is 1.27 bits per heavy atom. The van der Waals surface area contributed by atoms with Crippen LogP contribution < -0.4 is 15.4 Å². The molecule has 2 N–H and O–H groups in total. The highest BCUT2D eigenvalue weighted by molar-refractivity contribution is 5.81. The molecule has 6 heteroatoms. The first kappa shape index (κ1) is 16.5. The molecule has 0 spiro atoms. The number of benzene rings is 1. The molecule has 1 saturated carbocycles. The summed E-state index contributed by atoms with van der Waals surface area (Å²) in [6, 6.07) is 6.56. The number of carbonyl (C=O) groups excluding carboxylic acids is 1. The van der Waals surface area contributed by atoms with E-state index in [2.05, 4.69) is 22.3 Å². The Bertz CT molecular complexity index is 489. The number of nitrogens with one attached hydrogen (secondary N) is 2. The SMILES string of the molecule is CC1CCC(NC(=O)CNc2ccccc2OC(F)F)CC1. The van der Waals surface area contributed by atoms with Gasteiger partial charge in [-0.25, -0.2) is 0 Å². The average Bonchev–Trinajstić information content (AvgIpc) is 2.48. The lowest BCUT2D eigenvalue weighted by molar-refractivity contribution is -0.120. The van der Waals surface area contributed by atoms with Crippen LogP contribution in [0, 0.1) is 5.92 Å². The lowest BCUT2D eigenvalue weighted by Crippen LogP contribution is -2.40. The fraction of sp³-hybridized carbons (Fsp3) is 0.562. The van der Waals surface area contributed by atoms with E-state index in [9.17, 15) is 13.6 Å². The van der Waals surface area contributed by atoms with Crippen LogP contribution in [0.2, 0.25) is 0 Å². The maximum Gasteiger partial charge on any atom is 0.387 e. The summed E-state index contributed by atoms with van der Waals surface area (Å²) < 4.78 is 29.0. The van der Waals surface area contributed by atoms with Crippen molar-refractivity contribution >= 4 is 11.6 Å². The molecule has 1 aliphatic carbocycles. The van der Waals surface area contributed by atoms with Crippen LogP contribution in [0.25, 0.3) is 0 Å². The first-order chi connectivity index (χ1) is 10.5. The third-order valence-corrected chi connectivity index (χ3v) is 3.92. The van der Waals surface area contributed by atoms with Gasteiger partial charge in [0, 0.05) is 6.04 Å². The standard InChI is InChI=1S/C16H22F2N2O2/c1-11-6-8-12(9-7-11)20-15(21)10-19-13-4-2-3-5-14(13)22-16(17)18/h2-5,11-12,16,19H,6-10H2,1H3,(H,20,21). The van der Waals surface area contributed by atoms with Crippen molar-refractivity contribution in [1.29, 1.82) is 0 Å². The highest BCUT2D eigenvalue weighted by Crippen LogP contribution is 2.25. The highest BCUT2D eigenvalue weighted by Gasteiger charge is 2.19. The van der Waals surface area contributed by atoms with Gasteiger partial charge in [-0.2, -0.15) is 8.78 Å². The molecule has 1 aliphatic rings. The van der Waals surface area contributed by atoms with Gasteiger partial charge in [-0.3, -0.25) is 4.79 Å². The molecule has 0 saturated heterocycles. The monoisotopic (exact) mass is 312 g/mol. The van der Waals surface area contributed by atoms with Gasteiger partial charge in [0.2, 0.25) is 5.91 Å². The zero-order valence-corrected chi connectivity index (χ0v) is 12.6. The third-order valence-electron chi connectivity index (χ3n) is 3.92. The summed E-state index contributed by atoms with van der Waals surface area (Å²) in [5, 5.41) is 5.83. The van der Waals surface area contributed by atoms with Gasteiger partial charge >= 0.3 is 6.61 Å². The summed E-state index contributed by atoms with van der Waals surface area (Å²) in [5.74, 6) is 0.632. The number of rotatable bonds is 6. The van der Waals surface area contributed by atoms with Crippen molar-refractivity contribution in [1.82, 2.24) is 5.32 Å². The number of halogens is 2. The van der Waals surface area contributed by atoms with E-state index in [0.717, 1.165) is 31.6 Å². The van der Waals surface area contributed by atoms with Crippen LogP contribution in [0.4, 0.5) is 14.5 Å². The van der Waals surface area contributed by atoms with E-state index >= 15 is 0 Å². The van der Waals surface area contributed by atoms with Gasteiger partial charge in [-0.1, -0.05) is 19.1 Å². The normalized spacial score (nSPS) is 21.5. The van der Waals surface area contributed by atoms with Crippen molar-refractivity contribution in [3.63, 3.8) is 0 Å². The fourth-order valence-electron chi connectivity index (χ4n) is 2.67. The number of hydrogen-bond acceptors (Lipinski definition) is 3. The Morgan fingerprint density at radius 2 is 1.95 bits per heavy atom. The molecule has 1 aromatic carbocycles. The number of amides is 1. The Morgan fingerprint density at radius 3 is 2.64 bits per heavy atom. The van der Waals surface area contributed by atoms with E-state index in [0.29, 0.717) is 5.69 Å². The molecule has 0 atom stereocenters. The van der Waals surface area contributed by atoms with Gasteiger partial charge in [0.15, 0.2) is 0 Å². The predicted molar refractivity (Wildman–Crippen MR) is 81.1 cm³/mol. The molecule has 1 amide bonds. The van der Waals surface area contributed by atoms with Crippen LogP contribution in [0.15, 0.2) is 24.3 Å². The fourth-order valence-corrected chi connectivity index (χ4v) is 2.67. The van der Waals surface area contributed by atoms with Crippen LogP contribution in [-0.4, -0.2) is 25.1 Å². The van der Waals surface area contributed by atoms with E-state index in [1.165, 1.54) is 6.07 Å². The minimum Gasteiger partial charge on any atom is -0.433 e. The number of para-hydroxylation sites is 2. The maximum atomic E-state index is 12.3. The number of anilines is 1. The Labute approximate surface area is 129 Å². The molecule has 0 aromatic heterocycles. The van der Waals surface area contributed by atoms with Gasteiger partial charge < -0.3 is 15.4 Å². The van der Waals surface area contributed by atoms with Gasteiger partial charge in [0.1, 0.15) is 5.75 Å². The number of ether oxygens (including phenoxy) is 1. The molecule has 0 radical (unpaired) electrons. The molecule has 122 valence electrons. The molecular formula is C16H22F2N2O2. The van der Waals surface area contributed by atoms with Crippen molar-refractivity contribution in [2.24, 2.45) is 5.92 Å². The zero-order chi connectivity index (χ0) is 15.9. The Hall–Kier alpha value is -1.85. The zero-order valence-electron chi connectivity index (χ0n) is 12.6. The van der Waals surface area contributed by atoms with Gasteiger partial charge in [-0.15, -0.1) is 0 Å². The minimum absolute atomic E-state index is 0.0374. The smallest absolute Gasteiger partial charge is 0.387 e. The Kier molecular flexibility index (Phi) is 5.98. The lowest BCUT2D eigenvalue weighted by atomic mass is 9.87. The van der Waals surface area contributed by atoms with Crippen LogP contribution >= 0.6 is 0 Å². The molecular weight excluding hydrogens is 290 g/mol. The van der Waals surface area contributed by atoms with Crippen molar-refractivity contribution in [2.45, 2.75) is 45.3 Å². The average molecular weight is 312 g/mol. The molecule has 2 rings (SSSR count). The molecule has 0 bridgehead atoms. The Balaban J connectivity index is 1.81. The molecule has 22 heavy (non-hydrogen) atoms. The molecule has 4 nitrogen and oxygen atoms in total. The number of alkyl halides is 2. The van der Waals surface area contributed by atoms with E-state index in [1.54, 1.807) is 18.2 Å². The van der Waals surface area contributed by atoms with Gasteiger partial charge in [0.25, 0.3) is 0 Å². The molecule has 1 aromatic rings. The summed E-state index contributed by atoms with van der Waals surface area (Å²) in [7, 11) is 0. The summed E-state index contributed by atoms with van der Waals surface area (Å²) in [4.78, 5) is 11.9. The first-order valence-electron chi connectivity index (χ1n) is 7.61. The van der Waals surface area contributed by atoms with E-state index in [-0.39, 0.29) is 24.2 Å². The summed E-state index contributed by atoms with van der Waals surface area (Å²) in [6.07, 6.45) is 4.25. The number of hydrogen-bond donors (Lipinski definition) is 2. The molecule has 1 fully saturated rings. The third kappa shape index (κ3) is 5.16. The molecule has 0 aliphatic heterocycles. The summed E-state index contributed by atoms with van der Waals surface area (Å²) in [5.41, 5.74) is 0.384. The van der Waals surface area contributed by atoms with Crippen LogP contribution in [0.5, 0.6) is 5.75 Å². The van der Waals surface area contributed by atoms with Crippen molar-refractivity contribution < 1.29 is 18.3 Å². The van der Waals surface area contributed by atoms with Crippen molar-refractivity contribution in [2.75, 3.05) is 11.9 Å². The predicted octanol–water partition coefficient (Wildman–Crippen LogP) is 3.39. The molecule has 0 unspecified atom stereocenters. The van der Waals surface area contributed by atoms with Crippen LogP contribution in [0.1, 0.15) is 32.6 Å². The topological polar surface area (TPSA) is 50.4 Å².